The van der Waals surface area contributed by atoms with Crippen molar-refractivity contribution in [3.05, 3.63) is 18.0 Å². The van der Waals surface area contributed by atoms with E-state index in [2.05, 4.69) is 16.2 Å². The van der Waals surface area contributed by atoms with Crippen LogP contribution in [0.3, 0.4) is 0 Å². The number of terminal acetylenes is 1. The molecule has 0 unspecified atom stereocenters. The largest absolute Gasteiger partial charge is 0.363 e. The summed E-state index contributed by atoms with van der Waals surface area (Å²) in [7, 11) is -1.99. The summed E-state index contributed by atoms with van der Waals surface area (Å²) in [6.07, 6.45) is 9.04. The van der Waals surface area contributed by atoms with Gasteiger partial charge in [0.15, 0.2) is 0 Å². The molecule has 1 aromatic heterocycles. The summed E-state index contributed by atoms with van der Waals surface area (Å²) < 4.78 is 25.3. The molecule has 2 rings (SSSR count). The van der Waals surface area contributed by atoms with Gasteiger partial charge in [0.25, 0.3) is 0 Å². The summed E-state index contributed by atoms with van der Waals surface area (Å²) in [5, 5.41) is 3.32. The van der Waals surface area contributed by atoms with Crippen LogP contribution in [0.5, 0.6) is 0 Å². The molecular formula is C12H17N3O2S. The van der Waals surface area contributed by atoms with E-state index in [-0.39, 0.29) is 11.4 Å². The van der Waals surface area contributed by atoms with Crippen LogP contribution in [-0.4, -0.2) is 37.3 Å². The third-order valence-electron chi connectivity index (χ3n) is 2.90. The van der Waals surface area contributed by atoms with Crippen LogP contribution in [0, 0.1) is 12.3 Å². The number of H-pyrrole nitrogens is 1. The lowest BCUT2D eigenvalue weighted by Gasteiger charge is -2.12. The zero-order valence-corrected chi connectivity index (χ0v) is 11.1. The molecule has 2 N–H and O–H groups in total. The SMILES string of the molecule is C#CCN(C)S(=O)(=O)c1c[nH]c(CNC2CC2)c1. The molecule has 0 amide bonds. The second kappa shape index (κ2) is 5.14. The smallest absolute Gasteiger partial charge is 0.245 e. The lowest BCUT2D eigenvalue weighted by atomic mass is 10.4. The first kappa shape index (κ1) is 13.1. The van der Waals surface area contributed by atoms with E-state index in [0.717, 1.165) is 10.00 Å². The van der Waals surface area contributed by atoms with Gasteiger partial charge in [-0.25, -0.2) is 8.42 Å². The molecule has 0 radical (unpaired) electrons. The van der Waals surface area contributed by atoms with Crippen LogP contribution in [0.15, 0.2) is 17.2 Å². The fourth-order valence-corrected chi connectivity index (χ4v) is 2.71. The van der Waals surface area contributed by atoms with E-state index in [1.807, 2.05) is 0 Å². The zero-order chi connectivity index (χ0) is 13.2. The molecule has 0 saturated heterocycles. The topological polar surface area (TPSA) is 65.2 Å². The first-order valence-corrected chi connectivity index (χ1v) is 7.28. The van der Waals surface area contributed by atoms with Gasteiger partial charge in [0.2, 0.25) is 10.0 Å². The predicted octanol–water partition coefficient (Wildman–Crippen LogP) is 0.520. The van der Waals surface area contributed by atoms with Gasteiger partial charge in [0, 0.05) is 31.5 Å². The van der Waals surface area contributed by atoms with Gasteiger partial charge in [0.05, 0.1) is 11.4 Å². The van der Waals surface area contributed by atoms with Gasteiger partial charge >= 0.3 is 0 Å². The molecule has 0 atom stereocenters. The molecule has 0 bridgehead atoms. The van der Waals surface area contributed by atoms with Gasteiger partial charge in [-0.15, -0.1) is 6.42 Å². The Balaban J connectivity index is 2.05. The molecule has 98 valence electrons. The Morgan fingerprint density at radius 2 is 2.33 bits per heavy atom. The number of rotatable bonds is 6. The van der Waals surface area contributed by atoms with E-state index < -0.39 is 10.0 Å². The van der Waals surface area contributed by atoms with Crippen molar-refractivity contribution in [1.82, 2.24) is 14.6 Å². The van der Waals surface area contributed by atoms with Crippen LogP contribution in [0.4, 0.5) is 0 Å². The van der Waals surface area contributed by atoms with Crippen molar-refractivity contribution >= 4 is 10.0 Å². The number of nitrogens with one attached hydrogen (secondary N) is 2. The first-order chi connectivity index (χ1) is 8.54. The Hall–Kier alpha value is -1.29. The van der Waals surface area contributed by atoms with Crippen LogP contribution in [0.25, 0.3) is 0 Å². The molecule has 1 fully saturated rings. The molecule has 1 saturated carbocycles. The summed E-state index contributed by atoms with van der Waals surface area (Å²) >= 11 is 0. The van der Waals surface area contributed by atoms with Gasteiger partial charge in [-0.3, -0.25) is 0 Å². The molecule has 1 aromatic rings. The molecule has 0 aliphatic heterocycles. The second-order valence-corrected chi connectivity index (χ2v) is 6.53. The van der Waals surface area contributed by atoms with Gasteiger partial charge in [0.1, 0.15) is 0 Å². The molecule has 0 spiro atoms. The Labute approximate surface area is 108 Å². The molecule has 0 aromatic carbocycles. The maximum Gasteiger partial charge on any atom is 0.245 e. The summed E-state index contributed by atoms with van der Waals surface area (Å²) in [5.74, 6) is 2.32. The lowest BCUT2D eigenvalue weighted by molar-refractivity contribution is 0.503. The number of hydrogen-bond donors (Lipinski definition) is 2. The minimum Gasteiger partial charge on any atom is -0.363 e. The maximum absolute atomic E-state index is 12.1. The number of hydrogen-bond acceptors (Lipinski definition) is 3. The third-order valence-corrected chi connectivity index (χ3v) is 4.68. The van der Waals surface area contributed by atoms with Crippen molar-refractivity contribution in [2.75, 3.05) is 13.6 Å². The van der Waals surface area contributed by atoms with Crippen molar-refractivity contribution in [2.45, 2.75) is 30.3 Å². The van der Waals surface area contributed by atoms with E-state index >= 15 is 0 Å². The van der Waals surface area contributed by atoms with Gasteiger partial charge in [-0.2, -0.15) is 4.31 Å². The van der Waals surface area contributed by atoms with Crippen LogP contribution < -0.4 is 5.32 Å². The second-order valence-electron chi connectivity index (χ2n) is 4.48. The Bertz CT molecular complexity index is 552. The molecule has 1 aliphatic rings. The van der Waals surface area contributed by atoms with Crippen molar-refractivity contribution in [3.63, 3.8) is 0 Å². The monoisotopic (exact) mass is 267 g/mol. The minimum absolute atomic E-state index is 0.0726. The van der Waals surface area contributed by atoms with E-state index in [1.165, 1.54) is 26.1 Å². The van der Waals surface area contributed by atoms with E-state index in [4.69, 9.17) is 6.42 Å². The van der Waals surface area contributed by atoms with E-state index in [1.54, 1.807) is 6.07 Å². The van der Waals surface area contributed by atoms with E-state index in [9.17, 15) is 8.42 Å². The average Bonchev–Trinajstić information content (AvgIpc) is 3.03. The van der Waals surface area contributed by atoms with Crippen LogP contribution in [0.1, 0.15) is 18.5 Å². The van der Waals surface area contributed by atoms with Crippen molar-refractivity contribution in [2.24, 2.45) is 0 Å². The van der Waals surface area contributed by atoms with Crippen molar-refractivity contribution < 1.29 is 8.42 Å². The first-order valence-electron chi connectivity index (χ1n) is 5.84. The Morgan fingerprint density at radius 1 is 1.61 bits per heavy atom. The number of aromatic nitrogens is 1. The molecular weight excluding hydrogens is 250 g/mol. The van der Waals surface area contributed by atoms with Crippen molar-refractivity contribution in [3.8, 4) is 12.3 Å². The quantitative estimate of drug-likeness (QED) is 0.739. The minimum atomic E-state index is -3.47. The lowest BCUT2D eigenvalue weighted by Crippen LogP contribution is -2.26. The standard InChI is InChI=1S/C12H17N3O2S/c1-3-6-15(2)18(16,17)12-7-11(14-9-12)8-13-10-4-5-10/h1,7,9-10,13-14H,4-6,8H2,2H3. The highest BCUT2D eigenvalue weighted by Gasteiger charge is 2.23. The van der Waals surface area contributed by atoms with Crippen molar-refractivity contribution in [1.29, 1.82) is 0 Å². The Morgan fingerprint density at radius 3 is 2.94 bits per heavy atom. The molecule has 1 heterocycles. The highest BCUT2D eigenvalue weighted by atomic mass is 32.2. The zero-order valence-electron chi connectivity index (χ0n) is 10.3. The number of aromatic amines is 1. The molecule has 6 heteroatoms. The Kier molecular flexibility index (Phi) is 3.76. The van der Waals surface area contributed by atoms with E-state index in [0.29, 0.717) is 12.6 Å². The summed E-state index contributed by atoms with van der Waals surface area (Å²) in [4.78, 5) is 3.23. The number of nitrogens with zero attached hydrogens (tertiary/aromatic N) is 1. The molecule has 1 aliphatic carbocycles. The van der Waals surface area contributed by atoms with Crippen LogP contribution in [0.2, 0.25) is 0 Å². The average molecular weight is 267 g/mol. The summed E-state index contributed by atoms with van der Waals surface area (Å²) in [6, 6.07) is 2.25. The molecule has 18 heavy (non-hydrogen) atoms. The van der Waals surface area contributed by atoms with Crippen LogP contribution in [-0.2, 0) is 16.6 Å². The summed E-state index contributed by atoms with van der Waals surface area (Å²) in [6.45, 7) is 0.738. The normalized spacial score (nSPS) is 15.8. The molecule has 5 nitrogen and oxygen atoms in total. The fourth-order valence-electron chi connectivity index (χ4n) is 1.61. The third kappa shape index (κ3) is 2.93. The van der Waals surface area contributed by atoms with Crippen LogP contribution >= 0.6 is 0 Å². The maximum atomic E-state index is 12.1. The summed E-state index contributed by atoms with van der Waals surface area (Å²) in [5.41, 5.74) is 0.870. The van der Waals surface area contributed by atoms with Gasteiger partial charge < -0.3 is 10.3 Å². The fraction of sp³-hybridized carbons (Fsp3) is 0.500. The van der Waals surface area contributed by atoms with Gasteiger partial charge in [-0.1, -0.05) is 5.92 Å². The number of sulfonamides is 1. The highest BCUT2D eigenvalue weighted by Crippen LogP contribution is 2.20. The van der Waals surface area contributed by atoms with Gasteiger partial charge in [-0.05, 0) is 18.9 Å². The highest BCUT2D eigenvalue weighted by molar-refractivity contribution is 7.89. The predicted molar refractivity (Wildman–Crippen MR) is 69.3 cm³/mol.